The van der Waals surface area contributed by atoms with Gasteiger partial charge in [-0.05, 0) is 45.9 Å². The van der Waals surface area contributed by atoms with Crippen molar-refractivity contribution in [3.8, 4) is 22.5 Å². The Bertz CT molecular complexity index is 1270. The molecular formula is C26H30N8. The average Bonchev–Trinajstić information content (AvgIpc) is 3.37. The van der Waals surface area contributed by atoms with Crippen LogP contribution in [0.3, 0.4) is 0 Å². The SMILES string of the molecule is CCc1nc2c(n1Cc1ccc(-c3ccccc3-c3nnn[nH]3)cc1)CN(CC1CC1)CN2C. The molecule has 1 saturated carbocycles. The molecule has 2 aromatic carbocycles. The summed E-state index contributed by atoms with van der Waals surface area (Å²) >= 11 is 0. The number of hydrogen-bond donors (Lipinski definition) is 1. The van der Waals surface area contributed by atoms with E-state index < -0.39 is 0 Å². The molecule has 3 heterocycles. The van der Waals surface area contributed by atoms with Crippen LogP contribution in [0.4, 0.5) is 5.82 Å². The summed E-state index contributed by atoms with van der Waals surface area (Å²) in [7, 11) is 2.17. The zero-order chi connectivity index (χ0) is 23.1. The molecule has 174 valence electrons. The molecule has 0 amide bonds. The van der Waals surface area contributed by atoms with Crippen LogP contribution in [0.15, 0.2) is 48.5 Å². The number of imidazole rings is 1. The van der Waals surface area contributed by atoms with Gasteiger partial charge in [-0.3, -0.25) is 4.90 Å². The van der Waals surface area contributed by atoms with E-state index in [9.17, 15) is 0 Å². The molecule has 2 aliphatic rings. The Balaban J connectivity index is 1.28. The summed E-state index contributed by atoms with van der Waals surface area (Å²) in [6.45, 7) is 6.19. The van der Waals surface area contributed by atoms with Crippen LogP contribution in [-0.2, 0) is 19.5 Å². The molecule has 2 aromatic heterocycles. The number of tetrazole rings is 1. The first-order chi connectivity index (χ1) is 16.7. The summed E-state index contributed by atoms with van der Waals surface area (Å²) in [5, 5.41) is 14.4. The zero-order valence-corrected chi connectivity index (χ0v) is 19.8. The van der Waals surface area contributed by atoms with Crippen LogP contribution in [0.2, 0.25) is 0 Å². The summed E-state index contributed by atoms with van der Waals surface area (Å²) < 4.78 is 2.44. The van der Waals surface area contributed by atoms with Gasteiger partial charge in [-0.25, -0.2) is 10.1 Å². The number of nitrogens with zero attached hydrogens (tertiary/aromatic N) is 7. The third-order valence-corrected chi connectivity index (χ3v) is 6.94. The second-order valence-electron chi connectivity index (χ2n) is 9.52. The van der Waals surface area contributed by atoms with E-state index in [1.807, 2.05) is 18.2 Å². The number of aryl methyl sites for hydroxylation is 1. The highest BCUT2D eigenvalue weighted by Crippen LogP contribution is 2.34. The maximum atomic E-state index is 5.02. The molecule has 1 N–H and O–H groups in total. The van der Waals surface area contributed by atoms with Gasteiger partial charge in [-0.2, -0.15) is 0 Å². The first kappa shape index (κ1) is 21.0. The summed E-state index contributed by atoms with van der Waals surface area (Å²) in [6, 6.07) is 17.0. The van der Waals surface area contributed by atoms with Gasteiger partial charge in [-0.15, -0.1) is 5.10 Å². The number of aromatic nitrogens is 6. The van der Waals surface area contributed by atoms with Gasteiger partial charge < -0.3 is 9.47 Å². The van der Waals surface area contributed by atoms with Crippen LogP contribution in [0.25, 0.3) is 22.5 Å². The number of H-pyrrole nitrogens is 1. The number of nitrogens with one attached hydrogen (secondary N) is 1. The molecule has 8 heteroatoms. The van der Waals surface area contributed by atoms with Crippen LogP contribution in [0, 0.1) is 5.92 Å². The maximum Gasteiger partial charge on any atom is 0.180 e. The van der Waals surface area contributed by atoms with Crippen LogP contribution in [-0.4, -0.2) is 55.3 Å². The van der Waals surface area contributed by atoms with Crippen LogP contribution >= 0.6 is 0 Å². The van der Waals surface area contributed by atoms with Crippen molar-refractivity contribution in [1.82, 2.24) is 35.1 Å². The van der Waals surface area contributed by atoms with Crippen molar-refractivity contribution in [2.75, 3.05) is 25.2 Å². The summed E-state index contributed by atoms with van der Waals surface area (Å²) in [5.41, 5.74) is 5.88. The minimum Gasteiger partial charge on any atom is -0.345 e. The molecule has 0 saturated heterocycles. The lowest BCUT2D eigenvalue weighted by Crippen LogP contribution is -2.41. The molecule has 0 radical (unpaired) electrons. The van der Waals surface area contributed by atoms with Gasteiger partial charge in [0.15, 0.2) is 11.6 Å². The Morgan fingerprint density at radius 2 is 1.82 bits per heavy atom. The fraction of sp³-hybridized carbons (Fsp3) is 0.385. The lowest BCUT2D eigenvalue weighted by molar-refractivity contribution is 0.239. The molecule has 6 rings (SSSR count). The molecule has 1 fully saturated rings. The van der Waals surface area contributed by atoms with Crippen molar-refractivity contribution in [1.29, 1.82) is 0 Å². The monoisotopic (exact) mass is 454 g/mol. The Morgan fingerprint density at radius 3 is 2.53 bits per heavy atom. The number of fused-ring (bicyclic) bond motifs is 1. The summed E-state index contributed by atoms with van der Waals surface area (Å²) in [4.78, 5) is 9.91. The molecule has 1 aliphatic carbocycles. The maximum absolute atomic E-state index is 5.02. The van der Waals surface area contributed by atoms with Crippen molar-refractivity contribution in [2.24, 2.45) is 5.92 Å². The van der Waals surface area contributed by atoms with Crippen LogP contribution < -0.4 is 4.90 Å². The number of benzene rings is 2. The van der Waals surface area contributed by atoms with Crippen LogP contribution in [0.5, 0.6) is 0 Å². The largest absolute Gasteiger partial charge is 0.345 e. The quantitative estimate of drug-likeness (QED) is 0.455. The van der Waals surface area contributed by atoms with E-state index in [0.29, 0.717) is 5.82 Å². The number of hydrogen-bond acceptors (Lipinski definition) is 6. The number of aromatic amines is 1. The van der Waals surface area contributed by atoms with Crippen molar-refractivity contribution in [3.63, 3.8) is 0 Å². The van der Waals surface area contributed by atoms with E-state index in [1.54, 1.807) is 0 Å². The van der Waals surface area contributed by atoms with Crippen molar-refractivity contribution in [3.05, 3.63) is 65.6 Å². The summed E-state index contributed by atoms with van der Waals surface area (Å²) in [5.74, 6) is 3.88. The Labute approximate surface area is 199 Å². The second-order valence-corrected chi connectivity index (χ2v) is 9.52. The fourth-order valence-electron chi connectivity index (χ4n) is 5.05. The van der Waals surface area contributed by atoms with Crippen molar-refractivity contribution < 1.29 is 0 Å². The standard InChI is InChI=1S/C26H30N8/c1-3-24-27-26-23(16-33(17-32(26)2)14-18-8-9-18)34(24)15-19-10-12-20(13-11-19)21-6-4-5-7-22(21)25-28-30-31-29-25/h4-7,10-13,18H,3,8-9,14-17H2,1-2H3,(H,28,29,30,31). The van der Waals surface area contributed by atoms with Gasteiger partial charge >= 0.3 is 0 Å². The fourth-order valence-corrected chi connectivity index (χ4v) is 5.05. The predicted octanol–water partition coefficient (Wildman–Crippen LogP) is 3.96. The summed E-state index contributed by atoms with van der Waals surface area (Å²) in [6.07, 6.45) is 3.70. The van der Waals surface area contributed by atoms with Gasteiger partial charge in [-0.1, -0.05) is 55.5 Å². The van der Waals surface area contributed by atoms with Gasteiger partial charge in [0, 0.05) is 38.7 Å². The molecule has 1 aliphatic heterocycles. The zero-order valence-electron chi connectivity index (χ0n) is 19.8. The first-order valence-corrected chi connectivity index (χ1v) is 12.1. The normalized spacial score (nSPS) is 16.1. The highest BCUT2D eigenvalue weighted by Gasteiger charge is 2.31. The Kier molecular flexibility index (Phi) is 5.37. The van der Waals surface area contributed by atoms with E-state index in [1.165, 1.54) is 30.6 Å². The molecule has 34 heavy (non-hydrogen) atoms. The number of rotatable bonds is 7. The minimum absolute atomic E-state index is 0.678. The predicted molar refractivity (Wildman–Crippen MR) is 132 cm³/mol. The van der Waals surface area contributed by atoms with Crippen molar-refractivity contribution >= 4 is 5.82 Å². The highest BCUT2D eigenvalue weighted by atomic mass is 15.5. The number of anilines is 1. The minimum atomic E-state index is 0.678. The highest BCUT2D eigenvalue weighted by molar-refractivity contribution is 5.80. The Morgan fingerprint density at radius 1 is 1.03 bits per heavy atom. The van der Waals surface area contributed by atoms with E-state index >= 15 is 0 Å². The topological polar surface area (TPSA) is 78.8 Å². The van der Waals surface area contributed by atoms with Gasteiger partial charge in [0.25, 0.3) is 0 Å². The van der Waals surface area contributed by atoms with Gasteiger partial charge in [0.1, 0.15) is 5.82 Å². The Hall–Kier alpha value is -3.52. The lowest BCUT2D eigenvalue weighted by Gasteiger charge is -2.34. The van der Waals surface area contributed by atoms with E-state index in [-0.39, 0.29) is 0 Å². The third kappa shape index (κ3) is 3.98. The van der Waals surface area contributed by atoms with E-state index in [2.05, 4.69) is 79.3 Å². The van der Waals surface area contributed by atoms with Gasteiger partial charge in [0.05, 0.1) is 12.4 Å². The van der Waals surface area contributed by atoms with E-state index in [0.717, 1.165) is 60.4 Å². The molecule has 8 nitrogen and oxygen atoms in total. The lowest BCUT2D eigenvalue weighted by atomic mass is 9.98. The molecule has 0 unspecified atom stereocenters. The third-order valence-electron chi connectivity index (χ3n) is 6.94. The molecule has 0 spiro atoms. The second kappa shape index (κ2) is 8.68. The van der Waals surface area contributed by atoms with Crippen molar-refractivity contribution in [2.45, 2.75) is 39.3 Å². The average molecular weight is 455 g/mol. The molecule has 0 atom stereocenters. The van der Waals surface area contributed by atoms with Gasteiger partial charge in [0.2, 0.25) is 0 Å². The van der Waals surface area contributed by atoms with E-state index in [4.69, 9.17) is 4.98 Å². The first-order valence-electron chi connectivity index (χ1n) is 12.1. The molecular weight excluding hydrogens is 424 g/mol. The molecule has 4 aromatic rings. The smallest absolute Gasteiger partial charge is 0.180 e. The van der Waals surface area contributed by atoms with Crippen LogP contribution in [0.1, 0.15) is 36.8 Å². The molecule has 0 bridgehead atoms.